The third-order valence-corrected chi connectivity index (χ3v) is 6.56. The molecule has 2 bridgehead atoms. The fourth-order valence-electron chi connectivity index (χ4n) is 5.22. The minimum atomic E-state index is -0.551. The second-order valence-corrected chi connectivity index (χ2v) is 8.37. The summed E-state index contributed by atoms with van der Waals surface area (Å²) in [5, 5.41) is 17.1. The normalized spacial score (nSPS) is 22.2. The summed E-state index contributed by atoms with van der Waals surface area (Å²) in [5.74, 6) is 0.0445. The molecule has 1 saturated heterocycles. The number of benzene rings is 1. The molecule has 2 aliphatic rings. The van der Waals surface area contributed by atoms with Gasteiger partial charge in [0.2, 0.25) is 5.91 Å². The molecule has 9 heteroatoms. The minimum Gasteiger partial charge on any atom is -0.364 e. The van der Waals surface area contributed by atoms with Crippen molar-refractivity contribution in [3.63, 3.8) is 0 Å². The molecule has 0 radical (unpaired) electrons. The van der Waals surface area contributed by atoms with Gasteiger partial charge in [0.25, 0.3) is 5.91 Å². The predicted octanol–water partition coefficient (Wildman–Crippen LogP) is 1.89. The van der Waals surface area contributed by atoms with E-state index in [9.17, 15) is 9.59 Å². The number of amides is 2. The van der Waals surface area contributed by atoms with Crippen molar-refractivity contribution >= 4 is 28.5 Å². The zero-order chi connectivity index (χ0) is 22.2. The van der Waals surface area contributed by atoms with Crippen LogP contribution in [-0.4, -0.2) is 50.1 Å². The highest BCUT2D eigenvalue weighted by molar-refractivity contribution is 6.04. The van der Waals surface area contributed by atoms with Gasteiger partial charge < -0.3 is 11.1 Å². The van der Waals surface area contributed by atoms with Crippen LogP contribution < -0.4 is 11.1 Å². The van der Waals surface area contributed by atoms with Gasteiger partial charge in [-0.1, -0.05) is 24.3 Å². The molecule has 1 aliphatic carbocycles. The van der Waals surface area contributed by atoms with Crippen molar-refractivity contribution in [1.82, 2.24) is 19.7 Å². The summed E-state index contributed by atoms with van der Waals surface area (Å²) in [4.78, 5) is 31.4. The molecule has 3 heterocycles. The van der Waals surface area contributed by atoms with Gasteiger partial charge >= 0.3 is 0 Å². The van der Waals surface area contributed by atoms with Crippen molar-refractivity contribution in [1.29, 1.82) is 5.26 Å². The van der Waals surface area contributed by atoms with Gasteiger partial charge in [-0.2, -0.15) is 10.4 Å². The molecule has 9 nitrogen and oxygen atoms in total. The molecule has 2 fully saturated rings. The topological polar surface area (TPSA) is 130 Å². The van der Waals surface area contributed by atoms with E-state index < -0.39 is 5.91 Å². The molecule has 3 N–H and O–H groups in total. The van der Waals surface area contributed by atoms with E-state index in [0.29, 0.717) is 30.9 Å². The first kappa shape index (κ1) is 20.2. The predicted molar refractivity (Wildman–Crippen MR) is 117 cm³/mol. The van der Waals surface area contributed by atoms with Crippen LogP contribution in [0.4, 0.5) is 5.82 Å². The number of carbonyl (C=O) groups excluding carboxylic acids is 2. The summed E-state index contributed by atoms with van der Waals surface area (Å²) in [7, 11) is 0. The van der Waals surface area contributed by atoms with Gasteiger partial charge in [-0.05, 0) is 43.4 Å². The van der Waals surface area contributed by atoms with Crippen LogP contribution in [-0.2, 0) is 11.3 Å². The summed E-state index contributed by atoms with van der Waals surface area (Å²) >= 11 is 0. The second-order valence-electron chi connectivity index (χ2n) is 8.37. The van der Waals surface area contributed by atoms with Crippen LogP contribution in [0.1, 0.15) is 35.4 Å². The lowest BCUT2D eigenvalue weighted by Gasteiger charge is -2.34. The highest BCUT2D eigenvalue weighted by Crippen LogP contribution is 2.42. The molecule has 1 saturated carbocycles. The zero-order valence-electron chi connectivity index (χ0n) is 17.4. The number of nitriles is 1. The Bertz CT molecular complexity index is 1240. The maximum atomic E-state index is 13.2. The van der Waals surface area contributed by atoms with Crippen LogP contribution in [0.3, 0.4) is 0 Å². The lowest BCUT2D eigenvalue weighted by molar-refractivity contribution is -0.122. The van der Waals surface area contributed by atoms with E-state index in [2.05, 4.69) is 20.3 Å². The number of nitrogens with zero attached hydrogens (tertiary/aromatic N) is 5. The fourth-order valence-corrected chi connectivity index (χ4v) is 5.22. The van der Waals surface area contributed by atoms with Crippen LogP contribution in [0.5, 0.6) is 0 Å². The Morgan fingerprint density at radius 3 is 2.81 bits per heavy atom. The summed E-state index contributed by atoms with van der Waals surface area (Å²) in [6, 6.07) is 14.6. The zero-order valence-corrected chi connectivity index (χ0v) is 17.4. The Morgan fingerprint density at radius 2 is 2.00 bits per heavy atom. The number of hydrogen-bond acceptors (Lipinski definition) is 6. The molecule has 1 aromatic carbocycles. The van der Waals surface area contributed by atoms with E-state index in [1.807, 2.05) is 30.3 Å². The number of anilines is 1. The maximum absolute atomic E-state index is 13.2. The summed E-state index contributed by atoms with van der Waals surface area (Å²) in [5.41, 5.74) is 6.90. The number of primary amides is 1. The first-order valence-corrected chi connectivity index (χ1v) is 10.7. The molecular weight excluding hydrogens is 406 g/mol. The summed E-state index contributed by atoms with van der Waals surface area (Å²) in [6.07, 6.45) is 3.10. The van der Waals surface area contributed by atoms with Gasteiger partial charge in [0, 0.05) is 18.0 Å². The largest absolute Gasteiger partial charge is 0.364 e. The van der Waals surface area contributed by atoms with Gasteiger partial charge in [-0.25, -0.2) is 4.98 Å². The van der Waals surface area contributed by atoms with Crippen molar-refractivity contribution in [3.05, 3.63) is 53.9 Å². The van der Waals surface area contributed by atoms with Gasteiger partial charge in [-0.3, -0.25) is 19.2 Å². The summed E-state index contributed by atoms with van der Waals surface area (Å²) in [6.45, 7) is 1.18. The highest BCUT2D eigenvalue weighted by Gasteiger charge is 2.48. The highest BCUT2D eigenvalue weighted by atomic mass is 16.2. The van der Waals surface area contributed by atoms with Crippen molar-refractivity contribution in [2.45, 2.75) is 37.9 Å². The van der Waals surface area contributed by atoms with Crippen molar-refractivity contribution in [3.8, 4) is 6.07 Å². The van der Waals surface area contributed by atoms with E-state index in [4.69, 9.17) is 11.0 Å². The number of carbonyl (C=O) groups is 2. The smallest absolute Gasteiger partial charge is 0.269 e. The first-order valence-electron chi connectivity index (χ1n) is 10.7. The molecule has 3 aromatic rings. The Morgan fingerprint density at radius 1 is 1.16 bits per heavy atom. The van der Waals surface area contributed by atoms with Crippen molar-refractivity contribution < 1.29 is 9.59 Å². The van der Waals surface area contributed by atoms with Crippen LogP contribution in [0.25, 0.3) is 10.9 Å². The minimum absolute atomic E-state index is 0.0945. The number of para-hydroxylation sites is 1. The molecule has 0 spiro atoms. The number of pyridine rings is 1. The van der Waals surface area contributed by atoms with Crippen LogP contribution >= 0.6 is 0 Å². The quantitative estimate of drug-likeness (QED) is 0.615. The average molecular weight is 429 g/mol. The molecule has 2 aromatic heterocycles. The van der Waals surface area contributed by atoms with Gasteiger partial charge in [0.15, 0.2) is 5.69 Å². The Hall–Kier alpha value is -3.77. The number of hydrogen-bond donors (Lipinski definition) is 2. The monoisotopic (exact) mass is 429 g/mol. The molecule has 3 atom stereocenters. The van der Waals surface area contributed by atoms with E-state index >= 15 is 0 Å². The van der Waals surface area contributed by atoms with Crippen molar-refractivity contribution in [2.75, 3.05) is 11.9 Å². The lowest BCUT2D eigenvalue weighted by Crippen LogP contribution is -2.49. The first-order chi connectivity index (χ1) is 15.5. The number of fused-ring (bicyclic) bond motifs is 3. The Labute approximate surface area is 184 Å². The molecule has 32 heavy (non-hydrogen) atoms. The molecule has 0 unspecified atom stereocenters. The number of nitrogens with one attached hydrogen (secondary N) is 1. The van der Waals surface area contributed by atoms with Gasteiger partial charge in [0.05, 0.1) is 18.1 Å². The van der Waals surface area contributed by atoms with E-state index in [-0.39, 0.29) is 23.3 Å². The fraction of sp³-hybridized carbons (Fsp3) is 0.348. The number of likely N-dealkylation sites (tertiary alicyclic amines) is 1. The van der Waals surface area contributed by atoms with E-state index in [1.54, 1.807) is 22.9 Å². The number of aromatic nitrogens is 3. The second kappa shape index (κ2) is 8.05. The molecule has 2 amide bonds. The molecular formula is C23H23N7O2. The van der Waals surface area contributed by atoms with Crippen LogP contribution in [0.2, 0.25) is 0 Å². The Kier molecular flexibility index (Phi) is 5.07. The van der Waals surface area contributed by atoms with E-state index in [1.165, 1.54) is 0 Å². The Balaban J connectivity index is 1.35. The van der Waals surface area contributed by atoms with Gasteiger partial charge in [0.1, 0.15) is 17.6 Å². The summed E-state index contributed by atoms with van der Waals surface area (Å²) < 4.78 is 1.80. The number of rotatable bonds is 6. The van der Waals surface area contributed by atoms with Crippen molar-refractivity contribution in [2.24, 2.45) is 11.7 Å². The SMILES string of the molecule is N#Cc1cccc(NC(=O)[C@@H]2[C@H]3CC[C@H](C3)N2CCn2nc(C(N)=O)c3ccccc32)n1. The standard InChI is InChI=1S/C23H23N7O2/c24-13-15-4-3-7-19(26-15)27-23(32)21-14-8-9-16(12-14)29(21)10-11-30-18-6-2-1-5-17(18)20(28-30)22(25)31/h1-7,14,16,21H,8-12H2,(H2,25,31)(H,26,27,32)/t14-,16+,21-/m0/s1. The number of nitrogens with two attached hydrogens (primary N) is 1. The molecule has 5 rings (SSSR count). The molecule has 1 aliphatic heterocycles. The maximum Gasteiger partial charge on any atom is 0.269 e. The van der Waals surface area contributed by atoms with Gasteiger partial charge in [-0.15, -0.1) is 0 Å². The average Bonchev–Trinajstić information content (AvgIpc) is 3.51. The van der Waals surface area contributed by atoms with Crippen LogP contribution in [0, 0.1) is 17.2 Å². The lowest BCUT2D eigenvalue weighted by atomic mass is 9.98. The van der Waals surface area contributed by atoms with E-state index in [0.717, 1.165) is 30.2 Å². The third kappa shape index (κ3) is 3.48. The number of piperidine rings is 1. The third-order valence-electron chi connectivity index (χ3n) is 6.56. The van der Waals surface area contributed by atoms with Crippen LogP contribution in [0.15, 0.2) is 42.5 Å². The molecule has 162 valence electrons.